The van der Waals surface area contributed by atoms with Crippen molar-refractivity contribution in [3.8, 4) is 0 Å². The average Bonchev–Trinajstić information content (AvgIpc) is 2.66. The van der Waals surface area contributed by atoms with Crippen molar-refractivity contribution in [2.24, 2.45) is 5.92 Å². The van der Waals surface area contributed by atoms with Gasteiger partial charge in [-0.1, -0.05) is 25.4 Å². The van der Waals surface area contributed by atoms with Crippen LogP contribution >= 0.6 is 11.6 Å². The van der Waals surface area contributed by atoms with Crippen LogP contribution in [0, 0.1) is 16.0 Å². The number of ether oxygens (including phenoxy) is 1. The lowest BCUT2D eigenvalue weighted by Crippen LogP contribution is -2.23. The second-order valence-electron chi connectivity index (χ2n) is 4.21. The summed E-state index contributed by atoms with van der Waals surface area (Å²) < 4.78 is 5.85. The van der Waals surface area contributed by atoms with Gasteiger partial charge in [-0.2, -0.15) is 4.68 Å². The lowest BCUT2D eigenvalue weighted by molar-refractivity contribution is -0.389. The lowest BCUT2D eigenvalue weighted by atomic mass is 10.0. The van der Waals surface area contributed by atoms with Gasteiger partial charge in [0.2, 0.25) is 0 Å². The van der Waals surface area contributed by atoms with Gasteiger partial charge in [-0.05, 0) is 17.3 Å². The molecule has 0 aliphatic heterocycles. The highest BCUT2D eigenvalue weighted by atomic mass is 35.5. The van der Waals surface area contributed by atoms with Crippen LogP contribution in [0.4, 0.5) is 5.82 Å². The molecule has 0 bridgehead atoms. The van der Waals surface area contributed by atoms with Crippen molar-refractivity contribution < 1.29 is 14.5 Å². The van der Waals surface area contributed by atoms with Gasteiger partial charge in [0.05, 0.1) is 18.4 Å². The number of nitrogens with zero attached hydrogens (tertiary/aromatic N) is 3. The first-order valence-electron chi connectivity index (χ1n) is 5.33. The van der Waals surface area contributed by atoms with Gasteiger partial charge in [-0.3, -0.25) is 0 Å². The van der Waals surface area contributed by atoms with Gasteiger partial charge in [-0.15, -0.1) is 0 Å². The first-order valence-corrected chi connectivity index (χ1v) is 5.71. The molecule has 0 saturated carbocycles. The van der Waals surface area contributed by atoms with E-state index in [1.54, 1.807) is 0 Å². The third-order valence-corrected chi connectivity index (χ3v) is 2.60. The number of hydrogen-bond donors (Lipinski definition) is 0. The van der Waals surface area contributed by atoms with Crippen molar-refractivity contribution in [2.45, 2.75) is 26.3 Å². The summed E-state index contributed by atoms with van der Waals surface area (Å²) in [7, 11) is 1.26. The molecule has 0 spiro atoms. The molecule has 0 aliphatic rings. The van der Waals surface area contributed by atoms with E-state index in [1.807, 2.05) is 13.8 Å². The summed E-state index contributed by atoms with van der Waals surface area (Å²) in [5, 5.41) is 14.3. The monoisotopic (exact) mass is 275 g/mol. The summed E-state index contributed by atoms with van der Waals surface area (Å²) >= 11 is 5.69. The normalized spacial score (nSPS) is 12.5. The maximum absolute atomic E-state index is 11.6. The molecule has 0 saturated heterocycles. The maximum Gasteiger partial charge on any atom is 0.408 e. The lowest BCUT2D eigenvalue weighted by Gasteiger charge is -2.14. The topological polar surface area (TPSA) is 87.3 Å². The van der Waals surface area contributed by atoms with Gasteiger partial charge in [0.25, 0.3) is 0 Å². The van der Waals surface area contributed by atoms with E-state index in [0.29, 0.717) is 6.42 Å². The number of methoxy groups -OCH3 is 1. The molecule has 18 heavy (non-hydrogen) atoms. The number of carbonyl (C=O) groups excluding carboxylic acids is 1. The summed E-state index contributed by atoms with van der Waals surface area (Å²) in [6, 6.07) is -0.707. The van der Waals surface area contributed by atoms with Gasteiger partial charge in [0.15, 0.2) is 11.1 Å². The third kappa shape index (κ3) is 3.19. The van der Waals surface area contributed by atoms with Crippen molar-refractivity contribution in [1.82, 2.24) is 9.78 Å². The molecule has 0 amide bonds. The number of hydrogen-bond acceptors (Lipinski definition) is 5. The molecule has 8 heteroatoms. The van der Waals surface area contributed by atoms with Crippen LogP contribution in [-0.4, -0.2) is 27.8 Å². The summed E-state index contributed by atoms with van der Waals surface area (Å²) in [6.07, 6.45) is 1.73. The van der Waals surface area contributed by atoms with E-state index in [4.69, 9.17) is 11.6 Å². The minimum atomic E-state index is -0.707. The van der Waals surface area contributed by atoms with Gasteiger partial charge in [0.1, 0.15) is 0 Å². The average molecular weight is 276 g/mol. The molecule has 100 valence electrons. The predicted octanol–water partition coefficient (Wildman–Crippen LogP) is 2.20. The second-order valence-corrected chi connectivity index (χ2v) is 4.61. The molecular formula is C10H14ClN3O4. The predicted molar refractivity (Wildman–Crippen MR) is 64.4 cm³/mol. The van der Waals surface area contributed by atoms with Crippen LogP contribution in [0.15, 0.2) is 6.20 Å². The summed E-state index contributed by atoms with van der Waals surface area (Å²) in [5.74, 6) is -0.761. The molecule has 0 radical (unpaired) electrons. The Labute approximate surface area is 109 Å². The van der Waals surface area contributed by atoms with Crippen molar-refractivity contribution in [1.29, 1.82) is 0 Å². The largest absolute Gasteiger partial charge is 0.467 e. The molecule has 1 aromatic rings. The second kappa shape index (κ2) is 5.81. The van der Waals surface area contributed by atoms with Crippen LogP contribution in [0.2, 0.25) is 5.02 Å². The SMILES string of the molecule is COC(=O)[C@H](CC(C)C)n1cc(Cl)c([N+](=O)[O-])n1. The molecule has 1 aromatic heterocycles. The van der Waals surface area contributed by atoms with Crippen LogP contribution in [0.5, 0.6) is 0 Å². The minimum absolute atomic E-state index is 0.0994. The van der Waals surface area contributed by atoms with E-state index in [0.717, 1.165) is 0 Å². The quantitative estimate of drug-likeness (QED) is 0.467. The van der Waals surface area contributed by atoms with E-state index < -0.39 is 22.8 Å². The van der Waals surface area contributed by atoms with Gasteiger partial charge in [0, 0.05) is 0 Å². The molecule has 1 rings (SSSR count). The molecule has 0 aromatic carbocycles. The molecule has 0 unspecified atom stereocenters. The fraction of sp³-hybridized carbons (Fsp3) is 0.600. The number of rotatable bonds is 5. The third-order valence-electron chi connectivity index (χ3n) is 2.33. The van der Waals surface area contributed by atoms with E-state index in [-0.39, 0.29) is 10.9 Å². The number of halogens is 1. The summed E-state index contributed by atoms with van der Waals surface area (Å²) in [4.78, 5) is 21.6. The highest BCUT2D eigenvalue weighted by Gasteiger charge is 2.29. The van der Waals surface area contributed by atoms with Gasteiger partial charge in [-0.25, -0.2) is 4.79 Å². The standard InChI is InChI=1S/C10H14ClN3O4/c1-6(2)4-8(10(15)18-3)13-5-7(11)9(12-13)14(16)17/h5-6,8H,4H2,1-3H3/t8-/m0/s1. The van der Waals surface area contributed by atoms with Crippen LogP contribution in [0.3, 0.4) is 0 Å². The Morgan fingerprint density at radius 3 is 2.67 bits per heavy atom. The molecule has 0 N–H and O–H groups in total. The first-order chi connectivity index (χ1) is 8.36. The van der Waals surface area contributed by atoms with E-state index in [2.05, 4.69) is 9.84 Å². The first kappa shape index (κ1) is 14.4. The Balaban J connectivity index is 3.09. The highest BCUT2D eigenvalue weighted by Crippen LogP contribution is 2.26. The van der Waals surface area contributed by atoms with Crippen LogP contribution in [0.25, 0.3) is 0 Å². The Morgan fingerprint density at radius 1 is 1.67 bits per heavy atom. The van der Waals surface area contributed by atoms with Crippen LogP contribution < -0.4 is 0 Å². The number of nitro groups is 1. The molecular weight excluding hydrogens is 262 g/mol. The fourth-order valence-electron chi connectivity index (χ4n) is 1.54. The van der Waals surface area contributed by atoms with Crippen molar-refractivity contribution in [3.63, 3.8) is 0 Å². The van der Waals surface area contributed by atoms with E-state index in [1.165, 1.54) is 18.0 Å². The van der Waals surface area contributed by atoms with Crippen LogP contribution in [0.1, 0.15) is 26.3 Å². The molecule has 1 atom stereocenters. The maximum atomic E-state index is 11.6. The number of esters is 1. The molecule has 7 nitrogen and oxygen atoms in total. The molecule has 0 fully saturated rings. The van der Waals surface area contributed by atoms with Gasteiger partial charge >= 0.3 is 11.8 Å². The Hall–Kier alpha value is -1.63. The summed E-state index contributed by atoms with van der Waals surface area (Å²) in [5.41, 5.74) is 0. The smallest absolute Gasteiger partial charge is 0.408 e. The molecule has 0 aliphatic carbocycles. The van der Waals surface area contributed by atoms with Crippen molar-refractivity contribution in [3.05, 3.63) is 21.3 Å². The van der Waals surface area contributed by atoms with E-state index in [9.17, 15) is 14.9 Å². The molecule has 1 heterocycles. The zero-order valence-electron chi connectivity index (χ0n) is 10.3. The van der Waals surface area contributed by atoms with E-state index >= 15 is 0 Å². The zero-order chi connectivity index (χ0) is 13.9. The number of aromatic nitrogens is 2. The fourth-order valence-corrected chi connectivity index (χ4v) is 1.74. The van der Waals surface area contributed by atoms with Crippen molar-refractivity contribution in [2.75, 3.05) is 7.11 Å². The number of carbonyl (C=O) groups is 1. The Bertz CT molecular complexity index is 458. The zero-order valence-corrected chi connectivity index (χ0v) is 11.0. The Kier molecular flexibility index (Phi) is 4.66. The Morgan fingerprint density at radius 2 is 2.28 bits per heavy atom. The van der Waals surface area contributed by atoms with Crippen LogP contribution in [-0.2, 0) is 9.53 Å². The summed E-state index contributed by atoms with van der Waals surface area (Å²) in [6.45, 7) is 3.85. The van der Waals surface area contributed by atoms with Gasteiger partial charge < -0.3 is 14.9 Å². The highest BCUT2D eigenvalue weighted by molar-refractivity contribution is 6.32. The van der Waals surface area contributed by atoms with Crippen molar-refractivity contribution >= 4 is 23.4 Å². The minimum Gasteiger partial charge on any atom is -0.467 e.